The van der Waals surface area contributed by atoms with Crippen LogP contribution in [0.4, 0.5) is 0 Å². The van der Waals surface area contributed by atoms with E-state index in [-0.39, 0.29) is 5.56 Å². The zero-order valence-corrected chi connectivity index (χ0v) is 11.1. The molecule has 1 aromatic carbocycles. The van der Waals surface area contributed by atoms with Gasteiger partial charge < -0.3 is 5.11 Å². The molecule has 5 heteroatoms. The molecule has 1 heterocycles. The number of aromatic nitrogens is 2. The molecule has 18 heavy (non-hydrogen) atoms. The van der Waals surface area contributed by atoms with Gasteiger partial charge in [0, 0.05) is 10.6 Å². The van der Waals surface area contributed by atoms with E-state index in [1.54, 1.807) is 30.0 Å². The van der Waals surface area contributed by atoms with Gasteiger partial charge in [0.05, 0.1) is 11.1 Å². The van der Waals surface area contributed by atoms with E-state index in [4.69, 9.17) is 5.11 Å². The van der Waals surface area contributed by atoms with E-state index in [0.717, 1.165) is 16.8 Å². The first-order valence-corrected chi connectivity index (χ1v) is 6.64. The average molecular weight is 262 g/mol. The zero-order valence-electron chi connectivity index (χ0n) is 10.3. The van der Waals surface area contributed by atoms with Crippen LogP contribution < -0.4 is 0 Å². The molecule has 0 spiro atoms. The van der Waals surface area contributed by atoms with Crippen LogP contribution in [0.2, 0.25) is 0 Å². The van der Waals surface area contributed by atoms with Gasteiger partial charge in [0.15, 0.2) is 0 Å². The maximum Gasteiger partial charge on any atom is 0.335 e. The van der Waals surface area contributed by atoms with Gasteiger partial charge in [-0.15, -0.1) is 11.8 Å². The number of benzene rings is 1. The Hall–Kier alpha value is -1.62. The van der Waals surface area contributed by atoms with Gasteiger partial charge in [-0.2, -0.15) is 0 Å². The van der Waals surface area contributed by atoms with Crippen LogP contribution in [0.15, 0.2) is 29.6 Å². The number of aromatic carboxylic acids is 1. The Morgan fingerprint density at radius 2 is 2.22 bits per heavy atom. The number of hydrogen-bond acceptors (Lipinski definition) is 4. The lowest BCUT2D eigenvalue weighted by atomic mass is 10.1. The lowest BCUT2D eigenvalue weighted by molar-refractivity contribution is 0.0697. The first-order chi connectivity index (χ1) is 8.61. The molecule has 0 saturated carbocycles. The molecule has 0 aliphatic rings. The van der Waals surface area contributed by atoms with Gasteiger partial charge in [-0.1, -0.05) is 13.8 Å². The van der Waals surface area contributed by atoms with Gasteiger partial charge in [0.2, 0.25) is 0 Å². The number of carboxylic acid groups (broad SMARTS) is 1. The van der Waals surface area contributed by atoms with E-state index in [9.17, 15) is 4.79 Å². The van der Waals surface area contributed by atoms with Crippen LogP contribution in [0.1, 0.15) is 30.6 Å². The van der Waals surface area contributed by atoms with Crippen molar-refractivity contribution < 1.29 is 9.90 Å². The van der Waals surface area contributed by atoms with Crippen molar-refractivity contribution in [2.75, 3.05) is 0 Å². The predicted molar refractivity (Wildman–Crippen MR) is 72.1 cm³/mol. The van der Waals surface area contributed by atoms with Crippen molar-refractivity contribution in [3.63, 3.8) is 0 Å². The van der Waals surface area contributed by atoms with E-state index < -0.39 is 5.97 Å². The molecule has 0 bridgehead atoms. The second kappa shape index (κ2) is 5.35. The summed E-state index contributed by atoms with van der Waals surface area (Å²) in [6.07, 6.45) is 2.54. The average Bonchev–Trinajstić information content (AvgIpc) is 2.38. The van der Waals surface area contributed by atoms with Gasteiger partial charge >= 0.3 is 5.97 Å². The summed E-state index contributed by atoms with van der Waals surface area (Å²) in [7, 11) is 0. The van der Waals surface area contributed by atoms with Crippen molar-refractivity contribution in [1.82, 2.24) is 9.97 Å². The standard InChI is InChI=1S/C13H14N2O2S/c1-3-8(2)18-12-10-5-4-9(13(16)17)6-11(10)14-7-15-12/h4-8H,3H2,1-2H3,(H,16,17). The highest BCUT2D eigenvalue weighted by Crippen LogP contribution is 2.29. The maximum absolute atomic E-state index is 10.9. The fourth-order valence-electron chi connectivity index (χ4n) is 1.53. The molecule has 0 radical (unpaired) electrons. The molecule has 4 nitrogen and oxygen atoms in total. The van der Waals surface area contributed by atoms with Gasteiger partial charge in [-0.05, 0) is 24.6 Å². The van der Waals surface area contributed by atoms with Crippen LogP contribution in [-0.2, 0) is 0 Å². The Bertz CT molecular complexity index is 586. The van der Waals surface area contributed by atoms with E-state index in [1.807, 2.05) is 0 Å². The summed E-state index contributed by atoms with van der Waals surface area (Å²) in [5.74, 6) is -0.938. The van der Waals surface area contributed by atoms with Crippen molar-refractivity contribution in [3.05, 3.63) is 30.1 Å². The fraction of sp³-hybridized carbons (Fsp3) is 0.308. The van der Waals surface area contributed by atoms with Crippen molar-refractivity contribution in [1.29, 1.82) is 0 Å². The Balaban J connectivity index is 2.47. The van der Waals surface area contributed by atoms with Crippen LogP contribution in [0.3, 0.4) is 0 Å². The van der Waals surface area contributed by atoms with Gasteiger partial charge in [-0.3, -0.25) is 0 Å². The number of carboxylic acids is 1. The summed E-state index contributed by atoms with van der Waals surface area (Å²) in [6.45, 7) is 4.27. The molecule has 2 rings (SSSR count). The largest absolute Gasteiger partial charge is 0.478 e. The summed E-state index contributed by atoms with van der Waals surface area (Å²) >= 11 is 1.69. The molecule has 1 unspecified atom stereocenters. The minimum absolute atomic E-state index is 0.251. The number of nitrogens with zero attached hydrogens (tertiary/aromatic N) is 2. The molecule has 94 valence electrons. The molecule has 2 aromatic rings. The second-order valence-corrected chi connectivity index (χ2v) is 5.48. The van der Waals surface area contributed by atoms with Crippen molar-refractivity contribution in [3.8, 4) is 0 Å². The Morgan fingerprint density at radius 3 is 2.89 bits per heavy atom. The first kappa shape index (κ1) is 12.8. The topological polar surface area (TPSA) is 63.1 Å². The van der Waals surface area contributed by atoms with Gasteiger partial charge in [0.25, 0.3) is 0 Å². The van der Waals surface area contributed by atoms with Crippen LogP contribution >= 0.6 is 11.8 Å². The molecular weight excluding hydrogens is 248 g/mol. The van der Waals surface area contributed by atoms with Crippen LogP contribution in [0, 0.1) is 0 Å². The molecule has 1 atom stereocenters. The number of fused-ring (bicyclic) bond motifs is 1. The maximum atomic E-state index is 10.9. The molecule has 0 amide bonds. The highest BCUT2D eigenvalue weighted by atomic mass is 32.2. The molecule has 0 aliphatic heterocycles. The van der Waals surface area contributed by atoms with Crippen molar-refractivity contribution in [2.45, 2.75) is 30.5 Å². The molecule has 1 aromatic heterocycles. The minimum Gasteiger partial charge on any atom is -0.478 e. The monoisotopic (exact) mass is 262 g/mol. The van der Waals surface area contributed by atoms with E-state index in [2.05, 4.69) is 23.8 Å². The van der Waals surface area contributed by atoms with Crippen LogP contribution in [-0.4, -0.2) is 26.3 Å². The third-order valence-corrected chi connectivity index (χ3v) is 4.02. The number of thioether (sulfide) groups is 1. The lowest BCUT2D eigenvalue weighted by Crippen LogP contribution is -1.98. The van der Waals surface area contributed by atoms with Crippen LogP contribution in [0.25, 0.3) is 10.9 Å². The third kappa shape index (κ3) is 2.61. The first-order valence-electron chi connectivity index (χ1n) is 5.76. The zero-order chi connectivity index (χ0) is 13.1. The Morgan fingerprint density at radius 1 is 1.44 bits per heavy atom. The predicted octanol–water partition coefficient (Wildman–Crippen LogP) is 3.22. The summed E-state index contributed by atoms with van der Waals surface area (Å²) < 4.78 is 0. The number of hydrogen-bond donors (Lipinski definition) is 1. The smallest absolute Gasteiger partial charge is 0.335 e. The Labute approximate surface area is 109 Å². The second-order valence-electron chi connectivity index (χ2n) is 4.05. The highest BCUT2D eigenvalue weighted by molar-refractivity contribution is 8.00. The van der Waals surface area contributed by atoms with Gasteiger partial charge in [-0.25, -0.2) is 14.8 Å². The van der Waals surface area contributed by atoms with Gasteiger partial charge in [0.1, 0.15) is 11.4 Å². The number of rotatable bonds is 4. The van der Waals surface area contributed by atoms with Crippen LogP contribution in [0.5, 0.6) is 0 Å². The molecule has 0 fully saturated rings. The van der Waals surface area contributed by atoms with E-state index in [1.165, 1.54) is 6.33 Å². The molecule has 1 N–H and O–H groups in total. The van der Waals surface area contributed by atoms with E-state index >= 15 is 0 Å². The normalized spacial score (nSPS) is 12.6. The quantitative estimate of drug-likeness (QED) is 0.677. The lowest BCUT2D eigenvalue weighted by Gasteiger charge is -2.09. The minimum atomic E-state index is -0.938. The molecule has 0 saturated heterocycles. The Kier molecular flexibility index (Phi) is 3.81. The van der Waals surface area contributed by atoms with Crippen molar-refractivity contribution >= 4 is 28.6 Å². The van der Waals surface area contributed by atoms with E-state index in [0.29, 0.717) is 10.8 Å². The summed E-state index contributed by atoms with van der Waals surface area (Å²) in [5.41, 5.74) is 0.927. The molecule has 0 aliphatic carbocycles. The highest BCUT2D eigenvalue weighted by Gasteiger charge is 2.10. The molecular formula is C13H14N2O2S. The number of carbonyl (C=O) groups is 1. The third-order valence-electron chi connectivity index (χ3n) is 2.73. The summed E-state index contributed by atoms with van der Waals surface area (Å²) in [6, 6.07) is 4.96. The fourth-order valence-corrected chi connectivity index (χ4v) is 2.49. The van der Waals surface area contributed by atoms with Crippen molar-refractivity contribution in [2.24, 2.45) is 0 Å². The summed E-state index contributed by atoms with van der Waals surface area (Å²) in [4.78, 5) is 19.3. The SMILES string of the molecule is CCC(C)Sc1ncnc2cc(C(=O)O)ccc12. The summed E-state index contributed by atoms with van der Waals surface area (Å²) in [5, 5.41) is 11.2.